The van der Waals surface area contributed by atoms with E-state index in [0.717, 1.165) is 62.4 Å². The molecule has 4 aromatic rings. The van der Waals surface area contributed by atoms with E-state index in [1.165, 1.54) is 0 Å². The first-order valence-electron chi connectivity index (χ1n) is 16.8. The Morgan fingerprint density at radius 2 is 1.72 bits per heavy atom. The number of piperazine rings is 1. The number of anilines is 1. The van der Waals surface area contributed by atoms with Gasteiger partial charge >= 0.3 is 6.01 Å². The third kappa shape index (κ3) is 5.43. The third-order valence-electron chi connectivity index (χ3n) is 10.8. The minimum Gasteiger partial charge on any atom is -0.508 e. The Bertz CT molecular complexity index is 1920. The molecule has 8 rings (SSSR count). The van der Waals surface area contributed by atoms with Gasteiger partial charge in [0.25, 0.3) is 0 Å². The number of amides is 1. The molecule has 0 saturated carbocycles. The Morgan fingerprint density at radius 3 is 2.45 bits per heavy atom. The Hall–Kier alpha value is -3.75. The molecule has 11 heteroatoms. The fourth-order valence-electron chi connectivity index (χ4n) is 8.71. The molecule has 2 bridgehead atoms. The summed E-state index contributed by atoms with van der Waals surface area (Å²) in [6.45, 7) is 7.01. The fourth-order valence-corrected chi connectivity index (χ4v) is 9.52. The van der Waals surface area contributed by atoms with Crippen molar-refractivity contribution in [1.82, 2.24) is 19.8 Å². The van der Waals surface area contributed by atoms with Crippen LogP contribution < -0.4 is 9.64 Å². The van der Waals surface area contributed by atoms with E-state index in [1.54, 1.807) is 31.5 Å². The number of benzene rings is 3. The standard InChI is InChI=1S/C36H41FN5O4P/c1-47(2,45)21-31(44)42-24-9-10-25(42)20-40(19-24)34-29-12-11-28(30-18-26(43)17-23-7-3-4-8-27(23)30)32(37)33(29)38-35(39-34)46-22-36-13-5-15-41(36)16-6-14-36/h3-4,7-8,11-12,17-18,24-25,43H,5-6,9-10,13-16,19-22H2,1-2H3. The highest BCUT2D eigenvalue weighted by Crippen LogP contribution is 2.43. The lowest BCUT2D eigenvalue weighted by molar-refractivity contribution is -0.131. The molecule has 5 heterocycles. The average Bonchev–Trinajstić information content (AvgIpc) is 3.69. The second-order valence-corrected chi connectivity index (χ2v) is 17.9. The molecule has 246 valence electrons. The fraction of sp³-hybridized carbons (Fsp3) is 0.472. The highest BCUT2D eigenvalue weighted by Gasteiger charge is 2.46. The van der Waals surface area contributed by atoms with Crippen LogP contribution in [0.3, 0.4) is 0 Å². The van der Waals surface area contributed by atoms with Crippen molar-refractivity contribution in [2.24, 2.45) is 0 Å². The number of hydrogen-bond donors (Lipinski definition) is 1. The molecule has 2 atom stereocenters. The second kappa shape index (κ2) is 11.4. The van der Waals surface area contributed by atoms with Crippen LogP contribution in [0.1, 0.15) is 38.5 Å². The molecule has 0 radical (unpaired) electrons. The van der Waals surface area contributed by atoms with E-state index in [2.05, 4.69) is 9.80 Å². The lowest BCUT2D eigenvalue weighted by Crippen LogP contribution is -2.56. The second-order valence-electron chi connectivity index (χ2n) is 14.4. The normalized spacial score (nSPS) is 22.4. The summed E-state index contributed by atoms with van der Waals surface area (Å²) < 4.78 is 35.8. The number of nitrogens with zero attached hydrogens (tertiary/aromatic N) is 5. The van der Waals surface area contributed by atoms with Crippen molar-refractivity contribution in [1.29, 1.82) is 0 Å². The Morgan fingerprint density at radius 1 is 1.00 bits per heavy atom. The number of phenols is 1. The molecule has 2 unspecified atom stereocenters. The van der Waals surface area contributed by atoms with Gasteiger partial charge in [0.2, 0.25) is 5.91 Å². The average molecular weight is 658 g/mol. The van der Waals surface area contributed by atoms with Gasteiger partial charge in [0.05, 0.1) is 18.8 Å². The Kier molecular flexibility index (Phi) is 7.45. The van der Waals surface area contributed by atoms with E-state index >= 15 is 4.39 Å². The number of fused-ring (bicyclic) bond motifs is 5. The number of halogens is 1. The molecule has 0 spiro atoms. The maximum atomic E-state index is 16.9. The Labute approximate surface area is 274 Å². The summed E-state index contributed by atoms with van der Waals surface area (Å²) in [6.07, 6.45) is 6.21. The van der Waals surface area contributed by atoms with Crippen LogP contribution in [0.25, 0.3) is 32.8 Å². The summed E-state index contributed by atoms with van der Waals surface area (Å²) in [5.74, 6) is 0.122. The summed E-state index contributed by atoms with van der Waals surface area (Å²) in [4.78, 5) is 29.5. The molecule has 4 aliphatic rings. The maximum absolute atomic E-state index is 16.9. The van der Waals surface area contributed by atoms with Crippen molar-refractivity contribution >= 4 is 40.5 Å². The van der Waals surface area contributed by atoms with Gasteiger partial charge in [-0.05, 0) is 99.5 Å². The summed E-state index contributed by atoms with van der Waals surface area (Å²) in [5, 5.41) is 12.8. The molecule has 4 saturated heterocycles. The first-order chi connectivity index (χ1) is 22.6. The van der Waals surface area contributed by atoms with Gasteiger partial charge in [0.15, 0.2) is 5.82 Å². The number of aromatic nitrogens is 2. The predicted octanol–water partition coefficient (Wildman–Crippen LogP) is 6.10. The number of phenolic OH excluding ortho intramolecular Hbond substituents is 1. The van der Waals surface area contributed by atoms with E-state index < -0.39 is 13.0 Å². The van der Waals surface area contributed by atoms with Crippen LogP contribution in [0, 0.1) is 5.82 Å². The molecular weight excluding hydrogens is 616 g/mol. The first kappa shape index (κ1) is 30.6. The molecule has 1 aromatic heterocycles. The van der Waals surface area contributed by atoms with Gasteiger partial charge in [0.1, 0.15) is 23.7 Å². The summed E-state index contributed by atoms with van der Waals surface area (Å²) >= 11 is 0. The van der Waals surface area contributed by atoms with E-state index in [4.69, 9.17) is 14.7 Å². The number of carbonyl (C=O) groups is 1. The van der Waals surface area contributed by atoms with Crippen molar-refractivity contribution in [2.75, 3.05) is 57.2 Å². The molecular formula is C36H41FN5O4P. The minimum absolute atomic E-state index is 0.0254. The van der Waals surface area contributed by atoms with Crippen molar-refractivity contribution in [3.8, 4) is 22.9 Å². The zero-order valence-corrected chi connectivity index (χ0v) is 27.9. The van der Waals surface area contributed by atoms with Crippen molar-refractivity contribution in [3.63, 3.8) is 0 Å². The number of carbonyl (C=O) groups excluding carboxylic acids is 1. The van der Waals surface area contributed by atoms with Crippen molar-refractivity contribution in [3.05, 3.63) is 54.3 Å². The first-order valence-corrected chi connectivity index (χ1v) is 19.6. The van der Waals surface area contributed by atoms with Crippen molar-refractivity contribution in [2.45, 2.75) is 56.1 Å². The van der Waals surface area contributed by atoms with Gasteiger partial charge in [-0.15, -0.1) is 0 Å². The number of aromatic hydroxyl groups is 1. The SMILES string of the molecule is CP(C)(=O)CC(=O)N1C2CCC1CN(c1nc(OCC34CCCN3CCC4)nc3c(F)c(-c4cc(O)cc5ccccc45)ccc13)C2. The summed E-state index contributed by atoms with van der Waals surface area (Å²) in [6, 6.07) is 14.6. The van der Waals surface area contributed by atoms with Crippen LogP contribution in [0.4, 0.5) is 10.2 Å². The highest BCUT2D eigenvalue weighted by molar-refractivity contribution is 7.63. The van der Waals surface area contributed by atoms with Gasteiger partial charge in [-0.1, -0.05) is 30.3 Å². The van der Waals surface area contributed by atoms with Crippen LogP contribution in [0.2, 0.25) is 0 Å². The predicted molar refractivity (Wildman–Crippen MR) is 183 cm³/mol. The van der Waals surface area contributed by atoms with Gasteiger partial charge < -0.3 is 24.2 Å². The maximum Gasteiger partial charge on any atom is 0.319 e. The summed E-state index contributed by atoms with van der Waals surface area (Å²) in [5.41, 5.74) is 1.08. The van der Waals surface area contributed by atoms with E-state index in [-0.39, 0.29) is 47.0 Å². The number of hydrogen-bond acceptors (Lipinski definition) is 8. The molecule has 1 amide bonds. The minimum atomic E-state index is -2.51. The summed E-state index contributed by atoms with van der Waals surface area (Å²) in [7, 11) is -2.51. The van der Waals surface area contributed by atoms with E-state index in [0.29, 0.717) is 42.0 Å². The molecule has 9 nitrogen and oxygen atoms in total. The highest BCUT2D eigenvalue weighted by atomic mass is 31.2. The van der Waals surface area contributed by atoms with Gasteiger partial charge in [-0.3, -0.25) is 9.69 Å². The van der Waals surface area contributed by atoms with Crippen LogP contribution in [0.5, 0.6) is 11.8 Å². The van der Waals surface area contributed by atoms with Gasteiger partial charge in [0, 0.05) is 36.1 Å². The monoisotopic (exact) mass is 657 g/mol. The number of ether oxygens (including phenoxy) is 1. The molecule has 0 aliphatic carbocycles. The lowest BCUT2D eigenvalue weighted by atomic mass is 9.95. The van der Waals surface area contributed by atoms with Gasteiger partial charge in [-0.25, -0.2) is 4.39 Å². The van der Waals surface area contributed by atoms with E-state index in [9.17, 15) is 14.5 Å². The van der Waals surface area contributed by atoms with Crippen LogP contribution in [-0.4, -0.2) is 101 Å². The van der Waals surface area contributed by atoms with Crippen LogP contribution >= 0.6 is 7.14 Å². The molecule has 1 N–H and O–H groups in total. The van der Waals surface area contributed by atoms with Crippen LogP contribution in [-0.2, 0) is 9.36 Å². The topological polar surface area (TPSA) is 99.1 Å². The molecule has 4 aliphatic heterocycles. The lowest BCUT2D eigenvalue weighted by Gasteiger charge is -2.42. The Balaban J connectivity index is 1.20. The van der Waals surface area contributed by atoms with E-state index in [1.807, 2.05) is 35.2 Å². The third-order valence-corrected chi connectivity index (χ3v) is 11.8. The quantitative estimate of drug-likeness (QED) is 0.238. The zero-order chi connectivity index (χ0) is 32.5. The van der Waals surface area contributed by atoms with Crippen LogP contribution in [0.15, 0.2) is 48.5 Å². The molecule has 3 aromatic carbocycles. The molecule has 47 heavy (non-hydrogen) atoms. The molecule has 4 fully saturated rings. The van der Waals surface area contributed by atoms with Gasteiger partial charge in [-0.2, -0.15) is 9.97 Å². The number of rotatable bonds is 7. The van der Waals surface area contributed by atoms with Crippen molar-refractivity contribution < 1.29 is 23.6 Å². The zero-order valence-electron chi connectivity index (χ0n) is 27.0. The smallest absolute Gasteiger partial charge is 0.319 e. The largest absolute Gasteiger partial charge is 0.508 e.